The monoisotopic (exact) mass is 939 g/mol. The number of amides is 1. The van der Waals surface area contributed by atoms with Gasteiger partial charge in [0.15, 0.2) is 0 Å². The van der Waals surface area contributed by atoms with Gasteiger partial charge < -0.3 is 54.9 Å². The van der Waals surface area contributed by atoms with E-state index in [-0.39, 0.29) is 30.0 Å². The number of rotatable bonds is 13. The van der Waals surface area contributed by atoms with E-state index >= 15 is 0 Å². The average molecular weight is 940 g/mol. The van der Waals surface area contributed by atoms with Crippen molar-refractivity contribution in [3.63, 3.8) is 0 Å². The molecule has 0 spiro atoms. The molecule has 0 aliphatic carbocycles. The molecule has 0 saturated carbocycles. The van der Waals surface area contributed by atoms with Crippen molar-refractivity contribution in [2.24, 2.45) is 11.8 Å². The standard InChI is InChI=1S/C28H31F3N6O3.C20H25N5O3/c29-28(30,31)40-24-9-3-20(4-10-24)18-33-26(38)21-2-1-13-37(19-21)25-11-12-32-27(35-25)34-22-5-7-23(8-6-22)36-14-16-39-17-15-36;26-19(27)15-2-1-9-25(14-15)18-7-8-21-20(23-18)22-16-3-5-17(6-4-16)24-10-12-28-13-11-24/h3-12,21H,1-2,13-19H2,(H,33,38)(H,32,34,35);3-8,15H,1-2,9-14H2,(H,26,27)(H,21,22,23)/t21-;15-/m00/s1. The summed E-state index contributed by atoms with van der Waals surface area (Å²) in [5, 5.41) is 18.7. The molecule has 68 heavy (non-hydrogen) atoms. The lowest BCUT2D eigenvalue weighted by Gasteiger charge is -2.33. The van der Waals surface area contributed by atoms with Crippen LogP contribution < -0.4 is 40.3 Å². The number of aromatic nitrogens is 4. The highest BCUT2D eigenvalue weighted by molar-refractivity contribution is 5.79. The Morgan fingerprint density at radius 3 is 1.57 bits per heavy atom. The van der Waals surface area contributed by atoms with Crippen LogP contribution in [0.1, 0.15) is 31.2 Å². The quantitative estimate of drug-likeness (QED) is 0.0962. The maximum absolute atomic E-state index is 12.9. The highest BCUT2D eigenvalue weighted by Crippen LogP contribution is 2.28. The molecular weight excluding hydrogens is 884 g/mol. The number of halogens is 3. The van der Waals surface area contributed by atoms with Gasteiger partial charge in [-0.1, -0.05) is 12.1 Å². The van der Waals surface area contributed by atoms with Crippen LogP contribution >= 0.6 is 0 Å². The van der Waals surface area contributed by atoms with Crippen LogP contribution in [0.2, 0.25) is 0 Å². The molecule has 0 bridgehead atoms. The number of anilines is 8. The van der Waals surface area contributed by atoms with Crippen molar-refractivity contribution in [1.29, 1.82) is 0 Å². The molecule has 4 aliphatic heterocycles. The number of carbonyl (C=O) groups excluding carboxylic acids is 1. The highest BCUT2D eigenvalue weighted by atomic mass is 19.4. The van der Waals surface area contributed by atoms with Crippen molar-refractivity contribution in [3.05, 3.63) is 103 Å². The lowest BCUT2D eigenvalue weighted by Crippen LogP contribution is -2.43. The van der Waals surface area contributed by atoms with E-state index in [4.69, 9.17) is 9.47 Å². The molecular formula is C48H56F3N11O6. The van der Waals surface area contributed by atoms with Gasteiger partial charge in [0.2, 0.25) is 17.8 Å². The lowest BCUT2D eigenvalue weighted by atomic mass is 9.97. The molecule has 4 aliphatic rings. The number of carbonyl (C=O) groups is 2. The Kier molecular flexibility index (Phi) is 15.9. The summed E-state index contributed by atoms with van der Waals surface area (Å²) in [6, 6.07) is 25.5. The molecule has 6 heterocycles. The minimum Gasteiger partial charge on any atom is -0.481 e. The second-order valence-corrected chi connectivity index (χ2v) is 16.8. The number of hydrogen-bond donors (Lipinski definition) is 4. The highest BCUT2D eigenvalue weighted by Gasteiger charge is 2.31. The first kappa shape index (κ1) is 47.6. The van der Waals surface area contributed by atoms with Gasteiger partial charge in [-0.2, -0.15) is 9.97 Å². The minimum absolute atomic E-state index is 0.104. The maximum atomic E-state index is 12.9. The predicted molar refractivity (Wildman–Crippen MR) is 252 cm³/mol. The number of hydrogen-bond acceptors (Lipinski definition) is 15. The fraction of sp³-hybridized carbons (Fsp3) is 0.417. The number of nitrogens with one attached hydrogen (secondary N) is 3. The van der Waals surface area contributed by atoms with E-state index in [1.165, 1.54) is 30.0 Å². The molecule has 4 fully saturated rings. The molecule has 4 saturated heterocycles. The molecule has 0 unspecified atom stereocenters. The Balaban J connectivity index is 0.000000196. The van der Waals surface area contributed by atoms with Crippen LogP contribution in [0.15, 0.2) is 97.3 Å². The Bertz CT molecular complexity index is 2410. The molecule has 20 heteroatoms. The van der Waals surface area contributed by atoms with Gasteiger partial charge in [0.05, 0.1) is 38.3 Å². The van der Waals surface area contributed by atoms with Crippen molar-refractivity contribution >= 4 is 58.2 Å². The summed E-state index contributed by atoms with van der Waals surface area (Å²) in [5.41, 5.74) is 4.80. The predicted octanol–water partition coefficient (Wildman–Crippen LogP) is 6.85. The largest absolute Gasteiger partial charge is 0.573 e. The van der Waals surface area contributed by atoms with Gasteiger partial charge in [0, 0.05) is 94.0 Å². The summed E-state index contributed by atoms with van der Waals surface area (Å²) < 4.78 is 51.8. The van der Waals surface area contributed by atoms with Gasteiger partial charge in [0.1, 0.15) is 17.4 Å². The molecule has 0 radical (unpaired) electrons. The zero-order valence-electron chi connectivity index (χ0n) is 37.6. The number of benzene rings is 3. The van der Waals surface area contributed by atoms with Crippen LogP contribution in [0.4, 0.5) is 59.5 Å². The van der Waals surface area contributed by atoms with Crippen LogP contribution in [-0.4, -0.2) is 122 Å². The number of alkyl halides is 3. The van der Waals surface area contributed by atoms with Gasteiger partial charge in [-0.05, 0) is 104 Å². The van der Waals surface area contributed by atoms with Crippen molar-refractivity contribution < 1.29 is 42.1 Å². The SMILES string of the molecule is O=C(NCc1ccc(OC(F)(F)F)cc1)[C@H]1CCCN(c2ccnc(Nc3ccc(N4CCOCC4)cc3)n2)C1.O=C(O)[C@H]1CCCN(c2ccnc(Nc3ccc(N4CCOCC4)cc3)n2)C1. The van der Waals surface area contributed by atoms with Crippen molar-refractivity contribution in [3.8, 4) is 5.75 Å². The summed E-state index contributed by atoms with van der Waals surface area (Å²) in [6.45, 7) is 9.36. The van der Waals surface area contributed by atoms with E-state index in [0.717, 1.165) is 120 Å². The number of morpholine rings is 2. The van der Waals surface area contributed by atoms with Gasteiger partial charge in [-0.25, -0.2) is 9.97 Å². The van der Waals surface area contributed by atoms with Crippen LogP contribution in [0.5, 0.6) is 5.75 Å². The Morgan fingerprint density at radius 2 is 1.10 bits per heavy atom. The average Bonchev–Trinajstić information content (AvgIpc) is 3.37. The van der Waals surface area contributed by atoms with Crippen LogP contribution in [0.3, 0.4) is 0 Å². The third-order valence-electron chi connectivity index (χ3n) is 12.1. The number of piperidine rings is 2. The third kappa shape index (κ3) is 13.6. The van der Waals surface area contributed by atoms with Crippen molar-refractivity contribution in [1.82, 2.24) is 25.3 Å². The van der Waals surface area contributed by atoms with Gasteiger partial charge in [-0.3, -0.25) is 9.59 Å². The van der Waals surface area contributed by atoms with E-state index in [1.807, 2.05) is 41.3 Å². The molecule has 2 atom stereocenters. The first-order chi connectivity index (χ1) is 33.0. The molecule has 9 rings (SSSR count). The molecule has 5 aromatic rings. The summed E-state index contributed by atoms with van der Waals surface area (Å²) in [4.78, 5) is 50.8. The number of nitrogens with zero attached hydrogens (tertiary/aromatic N) is 8. The third-order valence-corrected chi connectivity index (χ3v) is 12.1. The topological polar surface area (TPSA) is 183 Å². The summed E-state index contributed by atoms with van der Waals surface area (Å²) in [6.07, 6.45) is 1.81. The summed E-state index contributed by atoms with van der Waals surface area (Å²) >= 11 is 0. The zero-order chi connectivity index (χ0) is 47.3. The first-order valence-corrected chi connectivity index (χ1v) is 22.9. The number of carboxylic acid groups (broad SMARTS) is 1. The summed E-state index contributed by atoms with van der Waals surface area (Å²) in [5.74, 6) is 0.761. The molecule has 3 aromatic carbocycles. The summed E-state index contributed by atoms with van der Waals surface area (Å²) in [7, 11) is 0. The first-order valence-electron chi connectivity index (χ1n) is 22.9. The molecule has 360 valence electrons. The molecule has 17 nitrogen and oxygen atoms in total. The lowest BCUT2D eigenvalue weighted by molar-refractivity contribution is -0.274. The van der Waals surface area contributed by atoms with Gasteiger partial charge in [-0.15, -0.1) is 13.2 Å². The minimum atomic E-state index is -4.74. The van der Waals surface area contributed by atoms with E-state index in [0.29, 0.717) is 30.5 Å². The van der Waals surface area contributed by atoms with E-state index < -0.39 is 12.3 Å². The fourth-order valence-electron chi connectivity index (χ4n) is 8.51. The zero-order valence-corrected chi connectivity index (χ0v) is 37.6. The van der Waals surface area contributed by atoms with Gasteiger partial charge >= 0.3 is 12.3 Å². The Labute approximate surface area is 392 Å². The van der Waals surface area contributed by atoms with E-state index in [1.54, 1.807) is 12.4 Å². The van der Waals surface area contributed by atoms with E-state index in [9.17, 15) is 27.9 Å². The molecule has 2 aromatic heterocycles. The smallest absolute Gasteiger partial charge is 0.481 e. The second kappa shape index (κ2) is 22.7. The Morgan fingerprint density at radius 1 is 0.632 bits per heavy atom. The van der Waals surface area contributed by atoms with Crippen LogP contribution in [0.25, 0.3) is 0 Å². The van der Waals surface area contributed by atoms with Crippen molar-refractivity contribution in [2.45, 2.75) is 38.6 Å². The molecule has 1 amide bonds. The van der Waals surface area contributed by atoms with Crippen LogP contribution in [0, 0.1) is 11.8 Å². The number of ether oxygens (including phenoxy) is 3. The normalized spacial score (nSPS) is 18.8. The van der Waals surface area contributed by atoms with Crippen LogP contribution in [-0.2, 0) is 25.6 Å². The van der Waals surface area contributed by atoms with E-state index in [2.05, 4.69) is 79.6 Å². The fourth-order valence-corrected chi connectivity index (χ4v) is 8.51. The second-order valence-electron chi connectivity index (χ2n) is 16.8. The van der Waals surface area contributed by atoms with Gasteiger partial charge in [0.25, 0.3) is 0 Å². The Hall–Kier alpha value is -6.93. The van der Waals surface area contributed by atoms with Crippen molar-refractivity contribution in [2.75, 3.05) is 109 Å². The molecule has 4 N–H and O–H groups in total. The number of aliphatic carboxylic acids is 1. The number of carboxylic acids is 1. The maximum Gasteiger partial charge on any atom is 0.573 e.